The predicted molar refractivity (Wildman–Crippen MR) is 127 cm³/mol. The van der Waals surface area contributed by atoms with E-state index in [1.54, 1.807) is 24.7 Å². The molecular weight excluding hydrogens is 418 g/mol. The van der Waals surface area contributed by atoms with E-state index in [1.165, 1.54) is 0 Å². The van der Waals surface area contributed by atoms with E-state index in [1.807, 2.05) is 54.6 Å². The van der Waals surface area contributed by atoms with Crippen molar-refractivity contribution in [1.82, 2.24) is 5.32 Å². The average Bonchev–Trinajstić information content (AvgIpc) is 3.53. The lowest BCUT2D eigenvalue weighted by molar-refractivity contribution is -0.0432. The Morgan fingerprint density at radius 2 is 1.58 bits per heavy atom. The first-order valence-electron chi connectivity index (χ1n) is 10.9. The zero-order valence-electron chi connectivity index (χ0n) is 18.0. The van der Waals surface area contributed by atoms with Crippen molar-refractivity contribution in [3.05, 3.63) is 97.0 Å². The van der Waals surface area contributed by atoms with Crippen molar-refractivity contribution < 1.29 is 23.4 Å². The van der Waals surface area contributed by atoms with Gasteiger partial charge in [0.2, 0.25) is 0 Å². The summed E-state index contributed by atoms with van der Waals surface area (Å²) >= 11 is 0. The van der Waals surface area contributed by atoms with Gasteiger partial charge in [0.15, 0.2) is 6.10 Å². The molecule has 1 aliphatic rings. The molecule has 0 radical (unpaired) electrons. The Balaban J connectivity index is 0.000000190. The standard InChI is InChI=1S/C19H19NO3.C8H6O2/c1-2-4-15(5-3-1)19(18-13-20-9-11-22-18)23-16-7-6-14-8-10-21-17(14)12-16;9-7-2-1-6-3-4-10-8(6)5-7/h1-8,10,12,18-20H,9,11,13H2;1-5,9H/t18-,19+;/m1./s1. The van der Waals surface area contributed by atoms with E-state index in [2.05, 4.69) is 17.4 Å². The van der Waals surface area contributed by atoms with Gasteiger partial charge in [0.1, 0.15) is 28.8 Å². The molecule has 0 spiro atoms. The van der Waals surface area contributed by atoms with E-state index in [0.717, 1.165) is 46.3 Å². The summed E-state index contributed by atoms with van der Waals surface area (Å²) in [4.78, 5) is 0. The molecule has 2 aromatic heterocycles. The van der Waals surface area contributed by atoms with Gasteiger partial charge in [-0.2, -0.15) is 0 Å². The molecule has 3 aromatic carbocycles. The molecule has 168 valence electrons. The lowest BCUT2D eigenvalue weighted by Gasteiger charge is -2.31. The Kier molecular flexibility index (Phi) is 6.28. The molecule has 0 aliphatic carbocycles. The highest BCUT2D eigenvalue weighted by atomic mass is 16.5. The second kappa shape index (κ2) is 9.81. The highest BCUT2D eigenvalue weighted by molar-refractivity contribution is 5.79. The molecule has 1 aliphatic heterocycles. The quantitative estimate of drug-likeness (QED) is 0.372. The largest absolute Gasteiger partial charge is 0.508 e. The number of ether oxygens (including phenoxy) is 2. The minimum absolute atomic E-state index is 0.0153. The predicted octanol–water partition coefficient (Wildman–Crippen LogP) is 5.68. The molecule has 6 nitrogen and oxygen atoms in total. The van der Waals surface area contributed by atoms with Crippen LogP contribution in [0.25, 0.3) is 21.9 Å². The van der Waals surface area contributed by atoms with Crippen molar-refractivity contribution in [2.75, 3.05) is 19.7 Å². The smallest absolute Gasteiger partial charge is 0.151 e. The van der Waals surface area contributed by atoms with E-state index in [4.69, 9.17) is 23.4 Å². The fourth-order valence-electron chi connectivity index (χ4n) is 3.88. The summed E-state index contributed by atoms with van der Waals surface area (Å²) < 4.78 is 22.7. The van der Waals surface area contributed by atoms with Crippen LogP contribution in [-0.4, -0.2) is 30.9 Å². The summed E-state index contributed by atoms with van der Waals surface area (Å²) in [6, 6.07) is 25.0. The van der Waals surface area contributed by atoms with Crippen molar-refractivity contribution in [3.8, 4) is 11.5 Å². The lowest BCUT2D eigenvalue weighted by atomic mass is 10.0. The van der Waals surface area contributed by atoms with Crippen molar-refractivity contribution in [3.63, 3.8) is 0 Å². The Bertz CT molecular complexity index is 1300. The third-order valence-corrected chi connectivity index (χ3v) is 5.55. The molecule has 6 rings (SSSR count). The van der Waals surface area contributed by atoms with Crippen molar-refractivity contribution in [2.45, 2.75) is 12.2 Å². The SMILES string of the molecule is Oc1ccc2ccoc2c1.c1ccc([C@H](Oc2ccc3ccoc3c2)[C@H]2CNCCO2)cc1. The second-order valence-electron chi connectivity index (χ2n) is 7.83. The monoisotopic (exact) mass is 443 g/mol. The number of benzene rings is 3. The van der Waals surface area contributed by atoms with Gasteiger partial charge < -0.3 is 28.7 Å². The molecule has 2 atom stereocenters. The van der Waals surface area contributed by atoms with E-state index >= 15 is 0 Å². The van der Waals surface area contributed by atoms with Crippen LogP contribution >= 0.6 is 0 Å². The normalized spacial score (nSPS) is 16.8. The van der Waals surface area contributed by atoms with Crippen molar-refractivity contribution in [2.24, 2.45) is 0 Å². The van der Waals surface area contributed by atoms with Crippen LogP contribution in [-0.2, 0) is 4.74 Å². The number of rotatable bonds is 4. The van der Waals surface area contributed by atoms with Crippen LogP contribution in [0.5, 0.6) is 11.5 Å². The molecule has 3 heterocycles. The number of hydrogen-bond acceptors (Lipinski definition) is 6. The van der Waals surface area contributed by atoms with Gasteiger partial charge in [-0.1, -0.05) is 30.3 Å². The lowest BCUT2D eigenvalue weighted by Crippen LogP contribution is -2.43. The summed E-state index contributed by atoms with van der Waals surface area (Å²) in [5, 5.41) is 14.4. The van der Waals surface area contributed by atoms with Crippen LogP contribution in [0.15, 0.2) is 100 Å². The van der Waals surface area contributed by atoms with Crippen LogP contribution in [0.3, 0.4) is 0 Å². The summed E-state index contributed by atoms with van der Waals surface area (Å²) in [7, 11) is 0. The fourth-order valence-corrected chi connectivity index (χ4v) is 3.88. The maximum atomic E-state index is 8.99. The molecule has 5 aromatic rings. The first-order valence-corrected chi connectivity index (χ1v) is 10.9. The van der Waals surface area contributed by atoms with Gasteiger partial charge in [-0.25, -0.2) is 0 Å². The van der Waals surface area contributed by atoms with Gasteiger partial charge in [0.25, 0.3) is 0 Å². The molecule has 1 saturated heterocycles. The summed E-state index contributed by atoms with van der Waals surface area (Å²) in [6.07, 6.45) is 3.12. The summed E-state index contributed by atoms with van der Waals surface area (Å²) in [5.74, 6) is 1.03. The Morgan fingerprint density at radius 1 is 0.848 bits per heavy atom. The molecule has 1 fully saturated rings. The number of fused-ring (bicyclic) bond motifs is 2. The van der Waals surface area contributed by atoms with E-state index in [9.17, 15) is 0 Å². The molecule has 6 heteroatoms. The van der Waals surface area contributed by atoms with E-state index in [0.29, 0.717) is 6.61 Å². The Labute approximate surface area is 191 Å². The topological polar surface area (TPSA) is 77.0 Å². The van der Waals surface area contributed by atoms with E-state index in [-0.39, 0.29) is 18.0 Å². The third-order valence-electron chi connectivity index (χ3n) is 5.55. The van der Waals surface area contributed by atoms with Gasteiger partial charge in [0, 0.05) is 36.0 Å². The second-order valence-corrected chi connectivity index (χ2v) is 7.83. The number of nitrogens with one attached hydrogen (secondary N) is 1. The minimum Gasteiger partial charge on any atom is -0.508 e. The van der Waals surface area contributed by atoms with Gasteiger partial charge in [-0.05, 0) is 42.0 Å². The van der Waals surface area contributed by atoms with Gasteiger partial charge in [-0.15, -0.1) is 0 Å². The maximum absolute atomic E-state index is 8.99. The first kappa shape index (κ1) is 21.1. The number of phenols is 1. The zero-order valence-corrected chi connectivity index (χ0v) is 18.0. The van der Waals surface area contributed by atoms with Gasteiger partial charge in [0.05, 0.1) is 19.1 Å². The number of furan rings is 2. The van der Waals surface area contributed by atoms with Crippen LogP contribution in [0.4, 0.5) is 0 Å². The summed E-state index contributed by atoms with van der Waals surface area (Å²) in [5.41, 5.74) is 2.66. The van der Waals surface area contributed by atoms with Crippen LogP contribution < -0.4 is 10.1 Å². The molecule has 0 saturated carbocycles. The van der Waals surface area contributed by atoms with Crippen molar-refractivity contribution in [1.29, 1.82) is 0 Å². The highest BCUT2D eigenvalue weighted by Crippen LogP contribution is 2.29. The van der Waals surface area contributed by atoms with Gasteiger partial charge in [-0.3, -0.25) is 0 Å². The van der Waals surface area contributed by atoms with Crippen molar-refractivity contribution >= 4 is 21.9 Å². The first-order chi connectivity index (χ1) is 16.3. The summed E-state index contributed by atoms with van der Waals surface area (Å²) in [6.45, 7) is 2.37. The molecule has 0 bridgehead atoms. The van der Waals surface area contributed by atoms with Crippen LogP contribution in [0.1, 0.15) is 11.7 Å². The molecule has 0 unspecified atom stereocenters. The molecular formula is C27H25NO5. The third kappa shape index (κ3) is 5.03. The zero-order chi connectivity index (χ0) is 22.5. The number of aromatic hydroxyl groups is 1. The van der Waals surface area contributed by atoms with Crippen LogP contribution in [0.2, 0.25) is 0 Å². The van der Waals surface area contributed by atoms with E-state index < -0.39 is 0 Å². The fraction of sp³-hybridized carbons (Fsp3) is 0.185. The molecule has 33 heavy (non-hydrogen) atoms. The number of morpholine rings is 1. The highest BCUT2D eigenvalue weighted by Gasteiger charge is 2.28. The maximum Gasteiger partial charge on any atom is 0.151 e. The van der Waals surface area contributed by atoms with Gasteiger partial charge >= 0.3 is 0 Å². The molecule has 0 amide bonds. The Morgan fingerprint density at radius 3 is 2.30 bits per heavy atom. The van der Waals surface area contributed by atoms with Crippen LogP contribution in [0, 0.1) is 0 Å². The number of hydrogen-bond donors (Lipinski definition) is 2. The Hall–Kier alpha value is -3.74. The minimum atomic E-state index is -0.156. The number of phenolic OH excluding ortho intramolecular Hbond substituents is 1. The average molecular weight is 443 g/mol. The molecule has 2 N–H and O–H groups in total.